The largest absolute Gasteiger partial charge is 0.388 e. The van der Waals surface area contributed by atoms with E-state index in [1.165, 1.54) is 6.42 Å². The monoisotopic (exact) mass is 353 g/mol. The summed E-state index contributed by atoms with van der Waals surface area (Å²) in [5.41, 5.74) is 0. The molecule has 2 rings (SSSR count). The van der Waals surface area contributed by atoms with Crippen molar-refractivity contribution in [2.75, 3.05) is 13.1 Å². The Morgan fingerprint density at radius 3 is 2.44 bits per heavy atom. The highest BCUT2D eigenvalue weighted by molar-refractivity contribution is 5.77. The average molecular weight is 353 g/mol. The SMILES string of the molecule is C#CCNC(=O)C[C@@H]1O[C@H](CNC(=O)NC2CCCCC2)[C@@H](O)[C@H]1O. The third-order valence-corrected chi connectivity index (χ3v) is 4.64. The van der Waals surface area contributed by atoms with Crippen LogP contribution in [0.2, 0.25) is 0 Å². The predicted molar refractivity (Wildman–Crippen MR) is 90.5 cm³/mol. The van der Waals surface area contributed by atoms with Gasteiger partial charge in [0, 0.05) is 12.6 Å². The number of carbonyl (C=O) groups is 2. The lowest BCUT2D eigenvalue weighted by atomic mass is 9.96. The van der Waals surface area contributed by atoms with Crippen LogP contribution in [0.15, 0.2) is 0 Å². The van der Waals surface area contributed by atoms with Crippen molar-refractivity contribution in [1.29, 1.82) is 0 Å². The maximum atomic E-state index is 11.9. The van der Waals surface area contributed by atoms with Gasteiger partial charge in [0.2, 0.25) is 5.91 Å². The number of terminal acetylenes is 1. The van der Waals surface area contributed by atoms with Crippen molar-refractivity contribution in [3.8, 4) is 12.3 Å². The molecule has 8 heteroatoms. The first-order valence-corrected chi connectivity index (χ1v) is 8.77. The van der Waals surface area contributed by atoms with Crippen LogP contribution in [-0.2, 0) is 9.53 Å². The zero-order chi connectivity index (χ0) is 18.2. The fourth-order valence-corrected chi connectivity index (χ4v) is 3.24. The zero-order valence-electron chi connectivity index (χ0n) is 14.2. The van der Waals surface area contributed by atoms with Gasteiger partial charge in [-0.25, -0.2) is 4.79 Å². The number of hydrogen-bond acceptors (Lipinski definition) is 5. The van der Waals surface area contributed by atoms with E-state index >= 15 is 0 Å². The maximum absolute atomic E-state index is 11.9. The Morgan fingerprint density at radius 1 is 1.08 bits per heavy atom. The molecule has 0 aromatic heterocycles. The molecule has 3 amide bonds. The molecule has 4 atom stereocenters. The van der Waals surface area contributed by atoms with Crippen molar-refractivity contribution in [1.82, 2.24) is 16.0 Å². The quantitative estimate of drug-likeness (QED) is 0.402. The molecular formula is C17H27N3O5. The van der Waals surface area contributed by atoms with Gasteiger partial charge in [-0.3, -0.25) is 4.79 Å². The molecule has 0 radical (unpaired) electrons. The number of aliphatic hydroxyl groups is 2. The summed E-state index contributed by atoms with van der Waals surface area (Å²) in [6, 6.07) is -0.131. The number of urea groups is 1. The maximum Gasteiger partial charge on any atom is 0.315 e. The lowest BCUT2D eigenvalue weighted by Gasteiger charge is -2.23. The number of nitrogens with one attached hydrogen (secondary N) is 3. The standard InChI is InChI=1S/C17H27N3O5/c1-2-8-18-14(21)9-12-15(22)16(23)13(25-12)10-19-17(24)20-11-6-4-3-5-7-11/h1,11-13,15-16,22-23H,3-10H2,(H,18,21)(H2,19,20,24)/t12-,13+,15-,16+/m0/s1. The third-order valence-electron chi connectivity index (χ3n) is 4.64. The van der Waals surface area contributed by atoms with Gasteiger partial charge in [0.1, 0.15) is 18.3 Å². The summed E-state index contributed by atoms with van der Waals surface area (Å²) in [5, 5.41) is 28.1. The molecule has 1 heterocycles. The van der Waals surface area contributed by atoms with E-state index in [1.54, 1.807) is 0 Å². The molecule has 8 nitrogen and oxygen atoms in total. The molecular weight excluding hydrogens is 326 g/mol. The van der Waals surface area contributed by atoms with E-state index in [1.807, 2.05) is 0 Å². The highest BCUT2D eigenvalue weighted by Crippen LogP contribution is 2.23. The second-order valence-corrected chi connectivity index (χ2v) is 6.57. The van der Waals surface area contributed by atoms with Gasteiger partial charge in [-0.15, -0.1) is 6.42 Å². The second-order valence-electron chi connectivity index (χ2n) is 6.57. The van der Waals surface area contributed by atoms with Gasteiger partial charge in [0.15, 0.2) is 0 Å². The van der Waals surface area contributed by atoms with Crippen molar-refractivity contribution >= 4 is 11.9 Å². The first kappa shape index (κ1) is 19.5. The van der Waals surface area contributed by atoms with Crippen LogP contribution in [0.1, 0.15) is 38.5 Å². The first-order valence-electron chi connectivity index (χ1n) is 8.77. The summed E-state index contributed by atoms with van der Waals surface area (Å²) in [5.74, 6) is 1.92. The van der Waals surface area contributed by atoms with Gasteiger partial charge in [0.05, 0.1) is 19.1 Å². The molecule has 0 spiro atoms. The van der Waals surface area contributed by atoms with Gasteiger partial charge >= 0.3 is 6.03 Å². The highest BCUT2D eigenvalue weighted by Gasteiger charge is 2.43. The van der Waals surface area contributed by atoms with Crippen molar-refractivity contribution in [3.05, 3.63) is 0 Å². The van der Waals surface area contributed by atoms with Gasteiger partial charge in [0.25, 0.3) is 0 Å². The van der Waals surface area contributed by atoms with Crippen LogP contribution >= 0.6 is 0 Å². The van der Waals surface area contributed by atoms with Crippen molar-refractivity contribution in [2.24, 2.45) is 0 Å². The van der Waals surface area contributed by atoms with Gasteiger partial charge in [-0.2, -0.15) is 0 Å². The molecule has 1 aliphatic carbocycles. The average Bonchev–Trinajstić information content (AvgIpc) is 2.87. The third kappa shape index (κ3) is 5.88. The summed E-state index contributed by atoms with van der Waals surface area (Å²) < 4.78 is 5.52. The van der Waals surface area contributed by atoms with Crippen LogP contribution in [0, 0.1) is 12.3 Å². The molecule has 0 unspecified atom stereocenters. The van der Waals surface area contributed by atoms with E-state index in [0.29, 0.717) is 0 Å². The summed E-state index contributed by atoms with van der Waals surface area (Å²) in [7, 11) is 0. The molecule has 0 aromatic carbocycles. The molecule has 2 fully saturated rings. The van der Waals surface area contributed by atoms with Crippen LogP contribution in [0.4, 0.5) is 4.79 Å². The minimum Gasteiger partial charge on any atom is -0.388 e. The number of amides is 3. The predicted octanol–water partition coefficient (Wildman–Crippen LogP) is -0.753. The Bertz CT molecular complexity index is 501. The zero-order valence-corrected chi connectivity index (χ0v) is 14.2. The van der Waals surface area contributed by atoms with Gasteiger partial charge < -0.3 is 30.9 Å². The van der Waals surface area contributed by atoms with Crippen LogP contribution in [0.5, 0.6) is 0 Å². The molecule has 140 valence electrons. The van der Waals surface area contributed by atoms with E-state index in [2.05, 4.69) is 21.9 Å². The Kier molecular flexibility index (Phi) is 7.50. The van der Waals surface area contributed by atoms with E-state index in [0.717, 1.165) is 25.7 Å². The van der Waals surface area contributed by atoms with E-state index in [9.17, 15) is 19.8 Å². The summed E-state index contributed by atoms with van der Waals surface area (Å²) in [6.07, 6.45) is 6.39. The molecule has 1 aliphatic heterocycles. The fraction of sp³-hybridized carbons (Fsp3) is 0.765. The van der Waals surface area contributed by atoms with Crippen LogP contribution in [0.3, 0.4) is 0 Å². The molecule has 25 heavy (non-hydrogen) atoms. The first-order chi connectivity index (χ1) is 12.0. The number of carbonyl (C=O) groups excluding carboxylic acids is 2. The van der Waals surface area contributed by atoms with Crippen molar-refractivity contribution in [2.45, 2.75) is 69.0 Å². The lowest BCUT2D eigenvalue weighted by molar-refractivity contribution is -0.124. The van der Waals surface area contributed by atoms with Crippen molar-refractivity contribution < 1.29 is 24.5 Å². The summed E-state index contributed by atoms with van der Waals surface area (Å²) >= 11 is 0. The fourth-order valence-electron chi connectivity index (χ4n) is 3.24. The van der Waals surface area contributed by atoms with Crippen molar-refractivity contribution in [3.63, 3.8) is 0 Å². The Balaban J connectivity index is 1.73. The van der Waals surface area contributed by atoms with E-state index in [4.69, 9.17) is 11.2 Å². The molecule has 1 saturated carbocycles. The van der Waals surface area contributed by atoms with E-state index < -0.39 is 24.4 Å². The minimum atomic E-state index is -1.19. The van der Waals surface area contributed by atoms with Crippen LogP contribution in [-0.4, -0.2) is 65.7 Å². The minimum absolute atomic E-state index is 0.0548. The molecule has 0 aromatic rings. The highest BCUT2D eigenvalue weighted by atomic mass is 16.5. The lowest BCUT2D eigenvalue weighted by Crippen LogP contribution is -2.47. The molecule has 5 N–H and O–H groups in total. The second kappa shape index (κ2) is 9.61. The van der Waals surface area contributed by atoms with Crippen LogP contribution < -0.4 is 16.0 Å². The topological polar surface area (TPSA) is 120 Å². The number of ether oxygens (including phenoxy) is 1. The molecule has 0 bridgehead atoms. The van der Waals surface area contributed by atoms with Crippen LogP contribution in [0.25, 0.3) is 0 Å². The normalized spacial score (nSPS) is 29.6. The Hall–Kier alpha value is -1.82. The molecule has 2 aliphatic rings. The van der Waals surface area contributed by atoms with E-state index in [-0.39, 0.29) is 37.5 Å². The Labute approximate surface area is 147 Å². The number of hydrogen-bond donors (Lipinski definition) is 5. The number of aliphatic hydroxyl groups excluding tert-OH is 2. The summed E-state index contributed by atoms with van der Waals surface area (Å²) in [4.78, 5) is 23.6. The summed E-state index contributed by atoms with van der Waals surface area (Å²) in [6.45, 7) is 0.149. The van der Waals surface area contributed by atoms with Gasteiger partial charge in [-0.05, 0) is 12.8 Å². The molecule has 1 saturated heterocycles. The van der Waals surface area contributed by atoms with Gasteiger partial charge in [-0.1, -0.05) is 25.2 Å². The smallest absolute Gasteiger partial charge is 0.315 e. The Morgan fingerprint density at radius 2 is 1.76 bits per heavy atom. The number of rotatable bonds is 6.